The van der Waals surface area contributed by atoms with Crippen LogP contribution in [-0.4, -0.2) is 55.9 Å². The minimum Gasteiger partial charge on any atom is -0.449 e. The number of nitrogens with one attached hydrogen (secondary N) is 2. The van der Waals surface area contributed by atoms with E-state index in [1.807, 2.05) is 30.3 Å². The van der Waals surface area contributed by atoms with Crippen LogP contribution in [0.2, 0.25) is 0 Å². The topological polar surface area (TPSA) is 150 Å². The van der Waals surface area contributed by atoms with E-state index < -0.39 is 30.9 Å². The molecule has 0 saturated heterocycles. The van der Waals surface area contributed by atoms with Gasteiger partial charge in [-0.15, -0.1) is 0 Å². The van der Waals surface area contributed by atoms with Gasteiger partial charge in [0.1, 0.15) is 18.0 Å². The van der Waals surface area contributed by atoms with Gasteiger partial charge >= 0.3 is 7.12 Å². The van der Waals surface area contributed by atoms with Crippen molar-refractivity contribution in [3.05, 3.63) is 78.5 Å². The molecule has 2 atom stereocenters. The van der Waals surface area contributed by atoms with Crippen molar-refractivity contribution >= 4 is 18.9 Å². The first-order valence-corrected chi connectivity index (χ1v) is 10.7. The summed E-state index contributed by atoms with van der Waals surface area (Å²) in [5, 5.41) is 24.9. The Kier molecular flexibility index (Phi) is 9.10. The lowest BCUT2D eigenvalue weighted by atomic mass is 9.76. The molecule has 10 nitrogen and oxygen atoms in total. The summed E-state index contributed by atoms with van der Waals surface area (Å²) in [5.74, 6) is -1.58. The van der Waals surface area contributed by atoms with E-state index in [1.165, 1.54) is 31.1 Å². The lowest BCUT2D eigenvalue weighted by molar-refractivity contribution is -0.123. The Morgan fingerprint density at radius 3 is 2.48 bits per heavy atom. The molecule has 2 heterocycles. The highest BCUT2D eigenvalue weighted by molar-refractivity contribution is 6.43. The third-order valence-electron chi connectivity index (χ3n) is 5.06. The SMILES string of the molecule is O=C(N[C@H](CCc1ncco1)C(=O)N[C@@H](CCCc1ccccc1)B(O)O)c1cnccn1. The summed E-state index contributed by atoms with van der Waals surface area (Å²) in [6.07, 6.45) is 9.24. The minimum absolute atomic E-state index is 0.0630. The molecule has 0 aliphatic carbocycles. The van der Waals surface area contributed by atoms with Gasteiger partial charge in [0.25, 0.3) is 5.91 Å². The van der Waals surface area contributed by atoms with Crippen LogP contribution in [0.4, 0.5) is 0 Å². The van der Waals surface area contributed by atoms with Crippen LogP contribution in [-0.2, 0) is 17.6 Å². The Bertz CT molecular complexity index is 989. The van der Waals surface area contributed by atoms with Crippen LogP contribution in [0.15, 0.2) is 65.8 Å². The number of carbonyl (C=O) groups is 2. The summed E-state index contributed by atoms with van der Waals surface area (Å²) in [5.41, 5.74) is 1.18. The number of hydrogen-bond donors (Lipinski definition) is 4. The summed E-state index contributed by atoms with van der Waals surface area (Å²) in [6, 6.07) is 8.81. The molecular formula is C22H26BN5O5. The highest BCUT2D eigenvalue weighted by Crippen LogP contribution is 2.09. The van der Waals surface area contributed by atoms with E-state index in [0.29, 0.717) is 25.2 Å². The van der Waals surface area contributed by atoms with Gasteiger partial charge in [0.15, 0.2) is 5.89 Å². The summed E-state index contributed by atoms with van der Waals surface area (Å²) in [7, 11) is -1.74. The van der Waals surface area contributed by atoms with Crippen LogP contribution in [0.3, 0.4) is 0 Å². The smallest absolute Gasteiger partial charge is 0.449 e. The third kappa shape index (κ3) is 7.81. The molecule has 0 fully saturated rings. The van der Waals surface area contributed by atoms with E-state index in [-0.39, 0.29) is 12.1 Å². The zero-order valence-corrected chi connectivity index (χ0v) is 18.0. The van der Waals surface area contributed by atoms with Gasteiger partial charge in [-0.05, 0) is 31.2 Å². The van der Waals surface area contributed by atoms with Crippen LogP contribution in [0.1, 0.15) is 41.2 Å². The predicted octanol–water partition coefficient (Wildman–Crippen LogP) is 0.715. The first-order chi connectivity index (χ1) is 16.0. The normalized spacial score (nSPS) is 12.5. The maximum atomic E-state index is 13.0. The van der Waals surface area contributed by atoms with Gasteiger partial charge in [-0.3, -0.25) is 14.6 Å². The van der Waals surface area contributed by atoms with Gasteiger partial charge in [0.05, 0.1) is 18.3 Å². The molecule has 0 spiro atoms. The third-order valence-corrected chi connectivity index (χ3v) is 5.06. The second-order valence-electron chi connectivity index (χ2n) is 7.49. The maximum absolute atomic E-state index is 13.0. The molecule has 2 aromatic heterocycles. The number of nitrogens with zero attached hydrogens (tertiary/aromatic N) is 3. The molecule has 172 valence electrons. The molecule has 33 heavy (non-hydrogen) atoms. The molecule has 0 unspecified atom stereocenters. The average molecular weight is 451 g/mol. The molecule has 3 aromatic rings. The molecule has 2 amide bonds. The maximum Gasteiger partial charge on any atom is 0.475 e. The largest absolute Gasteiger partial charge is 0.475 e. The molecule has 0 radical (unpaired) electrons. The molecule has 0 aliphatic heterocycles. The van der Waals surface area contributed by atoms with Gasteiger partial charge in [-0.25, -0.2) is 9.97 Å². The number of aryl methyl sites for hydroxylation is 2. The number of amides is 2. The van der Waals surface area contributed by atoms with Gasteiger partial charge in [0, 0.05) is 18.8 Å². The minimum atomic E-state index is -1.74. The fraction of sp³-hybridized carbons (Fsp3) is 0.318. The van der Waals surface area contributed by atoms with E-state index in [9.17, 15) is 19.6 Å². The average Bonchev–Trinajstić information content (AvgIpc) is 3.35. The number of rotatable bonds is 12. The van der Waals surface area contributed by atoms with Gasteiger partial charge in [-0.1, -0.05) is 30.3 Å². The van der Waals surface area contributed by atoms with E-state index in [2.05, 4.69) is 25.6 Å². The predicted molar refractivity (Wildman–Crippen MR) is 120 cm³/mol. The zero-order chi connectivity index (χ0) is 23.5. The van der Waals surface area contributed by atoms with Gasteiger partial charge in [-0.2, -0.15) is 0 Å². The Balaban J connectivity index is 1.62. The molecule has 11 heteroatoms. The molecule has 3 rings (SSSR count). The first-order valence-electron chi connectivity index (χ1n) is 10.7. The summed E-state index contributed by atoms with van der Waals surface area (Å²) in [6.45, 7) is 0. The Morgan fingerprint density at radius 2 is 1.82 bits per heavy atom. The number of hydrogen-bond acceptors (Lipinski definition) is 8. The van der Waals surface area contributed by atoms with Crippen molar-refractivity contribution < 1.29 is 24.1 Å². The van der Waals surface area contributed by atoms with Gasteiger partial charge < -0.3 is 25.1 Å². The molecule has 0 saturated carbocycles. The summed E-state index contributed by atoms with van der Waals surface area (Å²) < 4.78 is 5.21. The molecular weight excluding hydrogens is 425 g/mol. The number of aromatic nitrogens is 3. The van der Waals surface area contributed by atoms with E-state index in [0.717, 1.165) is 12.0 Å². The second-order valence-corrected chi connectivity index (χ2v) is 7.49. The number of carbonyl (C=O) groups excluding carboxylic acids is 2. The van der Waals surface area contributed by atoms with Crippen LogP contribution in [0.5, 0.6) is 0 Å². The van der Waals surface area contributed by atoms with Crippen LogP contribution in [0, 0.1) is 0 Å². The lowest BCUT2D eigenvalue weighted by Gasteiger charge is -2.23. The Hall–Kier alpha value is -3.57. The van der Waals surface area contributed by atoms with Crippen LogP contribution >= 0.6 is 0 Å². The van der Waals surface area contributed by atoms with E-state index >= 15 is 0 Å². The first kappa shape index (κ1) is 24.1. The molecule has 0 aliphatic rings. The Morgan fingerprint density at radius 1 is 1.00 bits per heavy atom. The number of benzene rings is 1. The van der Waals surface area contributed by atoms with Crippen molar-refractivity contribution in [3.63, 3.8) is 0 Å². The quantitative estimate of drug-likeness (QED) is 0.294. The van der Waals surface area contributed by atoms with Crippen molar-refractivity contribution in [2.45, 2.75) is 44.1 Å². The highest BCUT2D eigenvalue weighted by atomic mass is 16.4. The Labute approximate surface area is 191 Å². The summed E-state index contributed by atoms with van der Waals surface area (Å²) in [4.78, 5) is 37.4. The molecule has 0 bridgehead atoms. The molecule has 1 aromatic carbocycles. The zero-order valence-electron chi connectivity index (χ0n) is 18.0. The van der Waals surface area contributed by atoms with Crippen molar-refractivity contribution in [3.8, 4) is 0 Å². The second kappa shape index (κ2) is 12.5. The van der Waals surface area contributed by atoms with Crippen LogP contribution < -0.4 is 10.6 Å². The summed E-state index contributed by atoms with van der Waals surface area (Å²) >= 11 is 0. The van der Waals surface area contributed by atoms with E-state index in [1.54, 1.807) is 0 Å². The molecule has 4 N–H and O–H groups in total. The van der Waals surface area contributed by atoms with Crippen molar-refractivity contribution in [2.75, 3.05) is 0 Å². The standard InChI is InChI=1S/C22H26BN5O5/c29-21(28-19(23(31)32)8-4-7-16-5-2-1-3-6-16)17(9-10-20-26-13-14-33-20)27-22(30)18-15-24-11-12-25-18/h1-3,5-6,11-15,17,19,31-32H,4,7-10H2,(H,27,30)(H,28,29)/t17-,19+/m1/s1. The fourth-order valence-electron chi connectivity index (χ4n) is 3.31. The lowest BCUT2D eigenvalue weighted by Crippen LogP contribution is -2.54. The fourth-order valence-corrected chi connectivity index (χ4v) is 3.31. The van der Waals surface area contributed by atoms with Crippen molar-refractivity contribution in [1.29, 1.82) is 0 Å². The highest BCUT2D eigenvalue weighted by Gasteiger charge is 2.29. The van der Waals surface area contributed by atoms with Crippen LogP contribution in [0.25, 0.3) is 0 Å². The number of oxazole rings is 1. The van der Waals surface area contributed by atoms with Gasteiger partial charge in [0.2, 0.25) is 5.91 Å². The monoisotopic (exact) mass is 451 g/mol. The van der Waals surface area contributed by atoms with Crippen molar-refractivity contribution in [1.82, 2.24) is 25.6 Å². The van der Waals surface area contributed by atoms with E-state index in [4.69, 9.17) is 4.42 Å². The van der Waals surface area contributed by atoms with Crippen molar-refractivity contribution in [2.24, 2.45) is 0 Å².